The highest BCUT2D eigenvalue weighted by Gasteiger charge is 2.34. The molecule has 0 unspecified atom stereocenters. The first-order valence-electron chi connectivity index (χ1n) is 6.42. The first-order valence-corrected chi connectivity index (χ1v) is 7.86. The van der Waals surface area contributed by atoms with Gasteiger partial charge in [-0.05, 0) is 32.0 Å². The number of hydrogen-bond acceptors (Lipinski definition) is 5. The van der Waals surface area contributed by atoms with Crippen molar-refractivity contribution >= 4 is 15.9 Å². The van der Waals surface area contributed by atoms with Gasteiger partial charge in [-0.25, -0.2) is 8.42 Å². The highest BCUT2D eigenvalue weighted by molar-refractivity contribution is 7.89. The lowest BCUT2D eigenvalue weighted by Crippen LogP contribution is -2.49. The Bertz CT molecular complexity index is 577. The van der Waals surface area contributed by atoms with Crippen molar-refractivity contribution in [2.45, 2.75) is 23.9 Å². The van der Waals surface area contributed by atoms with Gasteiger partial charge in [0.2, 0.25) is 5.91 Å². The van der Waals surface area contributed by atoms with Crippen LogP contribution in [0.2, 0.25) is 0 Å². The minimum atomic E-state index is -3.78. The molecular formula is C11H19N5O3S. The highest BCUT2D eigenvalue weighted by atomic mass is 32.2. The van der Waals surface area contributed by atoms with E-state index in [1.165, 1.54) is 21.3 Å². The maximum atomic E-state index is 12.7. The lowest BCUT2D eigenvalue weighted by molar-refractivity contribution is -0.118. The summed E-state index contributed by atoms with van der Waals surface area (Å²) in [5.74, 6) is -0.658. The monoisotopic (exact) mass is 301 g/mol. The van der Waals surface area contributed by atoms with Gasteiger partial charge >= 0.3 is 0 Å². The van der Waals surface area contributed by atoms with Crippen molar-refractivity contribution < 1.29 is 13.2 Å². The zero-order chi connectivity index (χ0) is 14.8. The number of aryl methyl sites for hydroxylation is 1. The van der Waals surface area contributed by atoms with E-state index in [-0.39, 0.29) is 17.6 Å². The molecule has 0 bridgehead atoms. The molecule has 1 aromatic heterocycles. The van der Waals surface area contributed by atoms with E-state index in [1.807, 2.05) is 0 Å². The molecule has 2 heterocycles. The van der Waals surface area contributed by atoms with Gasteiger partial charge in [-0.3, -0.25) is 9.48 Å². The molecule has 1 amide bonds. The predicted molar refractivity (Wildman–Crippen MR) is 72.2 cm³/mol. The summed E-state index contributed by atoms with van der Waals surface area (Å²) in [4.78, 5) is 11.2. The van der Waals surface area contributed by atoms with Crippen molar-refractivity contribution in [2.75, 3.05) is 19.6 Å². The van der Waals surface area contributed by atoms with Gasteiger partial charge in [-0.15, -0.1) is 0 Å². The van der Waals surface area contributed by atoms with Crippen LogP contribution in [0, 0.1) is 0 Å². The normalized spacial score (nSPS) is 17.5. The molecule has 20 heavy (non-hydrogen) atoms. The largest absolute Gasteiger partial charge is 0.369 e. The molecule has 0 saturated carbocycles. The van der Waals surface area contributed by atoms with E-state index in [0.717, 1.165) is 13.1 Å². The SMILES string of the molecule is Cn1nccc1S(=O)(=O)N(CC(N)=O)C1CCNCC1. The van der Waals surface area contributed by atoms with Gasteiger partial charge in [0, 0.05) is 13.1 Å². The summed E-state index contributed by atoms with van der Waals surface area (Å²) in [5.41, 5.74) is 5.21. The minimum absolute atomic E-state index is 0.0669. The Morgan fingerprint density at radius 2 is 2.20 bits per heavy atom. The van der Waals surface area contributed by atoms with E-state index in [4.69, 9.17) is 5.73 Å². The Kier molecular flexibility index (Phi) is 4.41. The van der Waals surface area contributed by atoms with Gasteiger partial charge in [0.15, 0.2) is 5.03 Å². The van der Waals surface area contributed by atoms with Crippen LogP contribution in [0.25, 0.3) is 0 Å². The fourth-order valence-corrected chi connectivity index (χ4v) is 4.15. The molecule has 0 aromatic carbocycles. The summed E-state index contributed by atoms with van der Waals surface area (Å²) in [6.07, 6.45) is 2.73. The number of rotatable bonds is 5. The van der Waals surface area contributed by atoms with Gasteiger partial charge in [0.1, 0.15) is 0 Å². The number of carbonyl (C=O) groups is 1. The second-order valence-corrected chi connectivity index (χ2v) is 6.63. The predicted octanol–water partition coefficient (Wildman–Crippen LogP) is -1.35. The van der Waals surface area contributed by atoms with Crippen LogP contribution in [0.4, 0.5) is 0 Å². The lowest BCUT2D eigenvalue weighted by Gasteiger charge is -2.32. The Morgan fingerprint density at radius 1 is 1.55 bits per heavy atom. The smallest absolute Gasteiger partial charge is 0.260 e. The Labute approximate surface area is 118 Å². The van der Waals surface area contributed by atoms with E-state index in [0.29, 0.717) is 12.8 Å². The molecule has 0 aliphatic carbocycles. The summed E-state index contributed by atoms with van der Waals surface area (Å²) >= 11 is 0. The van der Waals surface area contributed by atoms with Crippen LogP contribution in [0.5, 0.6) is 0 Å². The van der Waals surface area contributed by atoms with Crippen molar-refractivity contribution in [3.8, 4) is 0 Å². The molecular weight excluding hydrogens is 282 g/mol. The minimum Gasteiger partial charge on any atom is -0.369 e. The third-order valence-electron chi connectivity index (χ3n) is 3.38. The van der Waals surface area contributed by atoms with Gasteiger partial charge in [-0.2, -0.15) is 9.40 Å². The molecule has 8 nitrogen and oxygen atoms in total. The first-order chi connectivity index (χ1) is 9.43. The van der Waals surface area contributed by atoms with Crippen molar-refractivity contribution in [3.05, 3.63) is 12.3 Å². The molecule has 0 spiro atoms. The summed E-state index contributed by atoms with van der Waals surface area (Å²) in [6, 6.07) is 1.20. The number of carbonyl (C=O) groups excluding carboxylic acids is 1. The maximum Gasteiger partial charge on any atom is 0.260 e. The quantitative estimate of drug-likeness (QED) is 0.698. The summed E-state index contributed by atoms with van der Waals surface area (Å²) in [6.45, 7) is 1.14. The Hall–Kier alpha value is -1.45. The van der Waals surface area contributed by atoms with Crippen LogP contribution in [-0.2, 0) is 21.9 Å². The fourth-order valence-electron chi connectivity index (χ4n) is 2.39. The second-order valence-electron chi connectivity index (χ2n) is 4.79. The molecule has 1 aromatic rings. The third-order valence-corrected chi connectivity index (χ3v) is 5.35. The Balaban J connectivity index is 2.34. The molecule has 0 radical (unpaired) electrons. The van der Waals surface area contributed by atoms with Crippen LogP contribution in [0.1, 0.15) is 12.8 Å². The van der Waals surface area contributed by atoms with E-state index >= 15 is 0 Å². The van der Waals surface area contributed by atoms with Crippen molar-refractivity contribution in [1.82, 2.24) is 19.4 Å². The maximum absolute atomic E-state index is 12.7. The topological polar surface area (TPSA) is 110 Å². The van der Waals surface area contributed by atoms with Crippen LogP contribution in [-0.4, -0.2) is 54.1 Å². The van der Waals surface area contributed by atoms with E-state index in [2.05, 4.69) is 10.4 Å². The number of nitrogens with two attached hydrogens (primary N) is 1. The fraction of sp³-hybridized carbons (Fsp3) is 0.636. The summed E-state index contributed by atoms with van der Waals surface area (Å²) in [7, 11) is -2.22. The number of hydrogen-bond donors (Lipinski definition) is 2. The van der Waals surface area contributed by atoms with Crippen LogP contribution >= 0.6 is 0 Å². The average Bonchev–Trinajstić information content (AvgIpc) is 2.83. The first kappa shape index (κ1) is 14.9. The van der Waals surface area contributed by atoms with Gasteiger partial charge < -0.3 is 11.1 Å². The number of nitrogens with zero attached hydrogens (tertiary/aromatic N) is 3. The van der Waals surface area contributed by atoms with Crippen molar-refractivity contribution in [2.24, 2.45) is 12.8 Å². The molecule has 9 heteroatoms. The van der Waals surface area contributed by atoms with Crippen LogP contribution in [0.3, 0.4) is 0 Å². The molecule has 1 aliphatic heterocycles. The lowest BCUT2D eigenvalue weighted by atomic mass is 10.1. The van der Waals surface area contributed by atoms with E-state index in [1.54, 1.807) is 7.05 Å². The second kappa shape index (κ2) is 5.90. The number of sulfonamides is 1. The standard InChI is InChI=1S/C11H19N5O3S/c1-15-11(4-7-14-15)20(18,19)16(8-10(12)17)9-2-5-13-6-3-9/h4,7,9,13H,2-3,5-6,8H2,1H3,(H2,12,17). The zero-order valence-corrected chi connectivity index (χ0v) is 12.1. The highest BCUT2D eigenvalue weighted by Crippen LogP contribution is 2.21. The van der Waals surface area contributed by atoms with Crippen molar-refractivity contribution in [1.29, 1.82) is 0 Å². The van der Waals surface area contributed by atoms with Gasteiger partial charge in [0.25, 0.3) is 10.0 Å². The molecule has 1 aliphatic rings. The van der Waals surface area contributed by atoms with Crippen molar-refractivity contribution in [3.63, 3.8) is 0 Å². The average molecular weight is 301 g/mol. The Morgan fingerprint density at radius 3 is 2.70 bits per heavy atom. The van der Waals surface area contributed by atoms with E-state index < -0.39 is 15.9 Å². The van der Waals surface area contributed by atoms with Gasteiger partial charge in [0.05, 0.1) is 12.7 Å². The van der Waals surface area contributed by atoms with Crippen LogP contribution < -0.4 is 11.1 Å². The number of primary amides is 1. The number of nitrogens with one attached hydrogen (secondary N) is 1. The van der Waals surface area contributed by atoms with Gasteiger partial charge in [-0.1, -0.05) is 0 Å². The van der Waals surface area contributed by atoms with E-state index in [9.17, 15) is 13.2 Å². The molecule has 3 N–H and O–H groups in total. The number of piperidine rings is 1. The molecule has 2 rings (SSSR count). The molecule has 1 saturated heterocycles. The molecule has 112 valence electrons. The summed E-state index contributed by atoms with van der Waals surface area (Å²) < 4.78 is 27.9. The zero-order valence-electron chi connectivity index (χ0n) is 11.3. The molecule has 1 fully saturated rings. The summed E-state index contributed by atoms with van der Waals surface area (Å²) in [5, 5.41) is 7.10. The number of aromatic nitrogens is 2. The van der Waals surface area contributed by atoms with Crippen LogP contribution in [0.15, 0.2) is 17.3 Å². The number of amides is 1. The molecule has 0 atom stereocenters. The third kappa shape index (κ3) is 3.00.